The number of hydrogen-bond donors (Lipinski definition) is 3. The highest BCUT2D eigenvalue weighted by Gasteiger charge is 2.29. The molecule has 0 aliphatic carbocycles. The molecule has 0 spiro atoms. The van der Waals surface area contributed by atoms with Gasteiger partial charge in [-0.1, -0.05) is 13.3 Å². The second-order valence-corrected chi connectivity index (χ2v) is 5.33. The van der Waals surface area contributed by atoms with Crippen LogP contribution in [0.2, 0.25) is 0 Å². The fourth-order valence-corrected chi connectivity index (χ4v) is 2.14. The Hall–Kier alpha value is -1.30. The summed E-state index contributed by atoms with van der Waals surface area (Å²) in [5.74, 6) is -1.38. The minimum atomic E-state index is -0.862. The lowest BCUT2D eigenvalue weighted by Gasteiger charge is -2.34. The first kappa shape index (κ1) is 15.8. The number of carbonyl (C=O) groups excluding carboxylic acids is 1. The largest absolute Gasteiger partial charge is 0.481 e. The van der Waals surface area contributed by atoms with Gasteiger partial charge in [-0.15, -0.1) is 0 Å². The molecule has 0 saturated carbocycles. The molecule has 1 atom stereocenters. The number of nitrogens with one attached hydrogen (secondary N) is 2. The minimum absolute atomic E-state index is 0.168. The molecule has 1 aliphatic heterocycles. The van der Waals surface area contributed by atoms with Gasteiger partial charge in [0, 0.05) is 25.3 Å². The molecule has 1 unspecified atom stereocenters. The summed E-state index contributed by atoms with van der Waals surface area (Å²) in [5.41, 5.74) is -0.258. The van der Waals surface area contributed by atoms with Crippen LogP contribution in [0.3, 0.4) is 0 Å². The van der Waals surface area contributed by atoms with Gasteiger partial charge in [0.25, 0.3) is 0 Å². The van der Waals surface area contributed by atoms with Crippen LogP contribution in [0.25, 0.3) is 0 Å². The lowest BCUT2D eigenvalue weighted by molar-refractivity contribution is -0.141. The molecule has 1 aliphatic rings. The number of carbonyl (C=O) groups is 2. The van der Waals surface area contributed by atoms with E-state index in [9.17, 15) is 9.59 Å². The van der Waals surface area contributed by atoms with Gasteiger partial charge in [-0.2, -0.15) is 0 Å². The van der Waals surface area contributed by atoms with Crippen molar-refractivity contribution in [1.82, 2.24) is 10.6 Å². The normalized spacial score (nSPS) is 19.5. The molecule has 1 rings (SSSR count). The molecule has 0 aromatic rings. The summed E-state index contributed by atoms with van der Waals surface area (Å²) in [6, 6.07) is -0.299. The summed E-state index contributed by atoms with van der Waals surface area (Å²) < 4.78 is 5.26. The van der Waals surface area contributed by atoms with Crippen molar-refractivity contribution in [3.8, 4) is 0 Å². The molecule has 19 heavy (non-hydrogen) atoms. The predicted molar refractivity (Wildman–Crippen MR) is 71.0 cm³/mol. The molecule has 0 aromatic heterocycles. The third kappa shape index (κ3) is 5.46. The molecule has 0 radical (unpaired) electrons. The van der Waals surface area contributed by atoms with Crippen molar-refractivity contribution in [2.24, 2.45) is 5.92 Å². The average molecular weight is 272 g/mol. The van der Waals surface area contributed by atoms with E-state index in [0.29, 0.717) is 19.6 Å². The van der Waals surface area contributed by atoms with Gasteiger partial charge in [-0.25, -0.2) is 4.79 Å². The summed E-state index contributed by atoms with van der Waals surface area (Å²) >= 11 is 0. The van der Waals surface area contributed by atoms with E-state index in [-0.39, 0.29) is 18.1 Å². The Morgan fingerprint density at radius 3 is 2.53 bits per heavy atom. The smallest absolute Gasteiger partial charge is 0.315 e. The Morgan fingerprint density at radius 2 is 2.00 bits per heavy atom. The van der Waals surface area contributed by atoms with Crippen LogP contribution in [0.15, 0.2) is 0 Å². The van der Waals surface area contributed by atoms with Gasteiger partial charge < -0.3 is 20.5 Å². The van der Waals surface area contributed by atoms with Crippen molar-refractivity contribution < 1.29 is 19.4 Å². The molecule has 6 heteroatoms. The number of carboxylic acids is 1. The van der Waals surface area contributed by atoms with Crippen LogP contribution < -0.4 is 10.6 Å². The van der Waals surface area contributed by atoms with Crippen molar-refractivity contribution >= 4 is 12.0 Å². The second-order valence-electron chi connectivity index (χ2n) is 5.33. The highest BCUT2D eigenvalue weighted by atomic mass is 16.5. The van der Waals surface area contributed by atoms with E-state index in [0.717, 1.165) is 19.3 Å². The SMILES string of the molecule is CCCC(CNC(=O)NC1(C)CCOCC1)C(=O)O. The van der Waals surface area contributed by atoms with Crippen LogP contribution in [0.4, 0.5) is 4.79 Å². The van der Waals surface area contributed by atoms with Crippen LogP contribution in [-0.4, -0.2) is 42.4 Å². The van der Waals surface area contributed by atoms with E-state index in [1.54, 1.807) is 0 Å². The van der Waals surface area contributed by atoms with Crippen molar-refractivity contribution in [3.63, 3.8) is 0 Å². The lowest BCUT2D eigenvalue weighted by Crippen LogP contribution is -2.53. The first-order valence-corrected chi connectivity index (χ1v) is 6.83. The Morgan fingerprint density at radius 1 is 1.37 bits per heavy atom. The van der Waals surface area contributed by atoms with E-state index < -0.39 is 11.9 Å². The van der Waals surface area contributed by atoms with Gasteiger partial charge in [0.05, 0.1) is 5.92 Å². The zero-order valence-electron chi connectivity index (χ0n) is 11.7. The summed E-state index contributed by atoms with van der Waals surface area (Å²) in [6.45, 7) is 5.37. The van der Waals surface area contributed by atoms with Gasteiger partial charge in [0.15, 0.2) is 0 Å². The van der Waals surface area contributed by atoms with E-state index in [2.05, 4.69) is 10.6 Å². The van der Waals surface area contributed by atoms with Crippen molar-refractivity contribution in [3.05, 3.63) is 0 Å². The highest BCUT2D eigenvalue weighted by molar-refractivity contribution is 5.76. The van der Waals surface area contributed by atoms with Crippen LogP contribution in [0.1, 0.15) is 39.5 Å². The maximum atomic E-state index is 11.8. The minimum Gasteiger partial charge on any atom is -0.481 e. The van der Waals surface area contributed by atoms with Crippen LogP contribution in [-0.2, 0) is 9.53 Å². The van der Waals surface area contributed by atoms with Crippen molar-refractivity contribution in [2.45, 2.75) is 45.1 Å². The summed E-state index contributed by atoms with van der Waals surface area (Å²) in [5, 5.41) is 14.6. The monoisotopic (exact) mass is 272 g/mol. The fourth-order valence-electron chi connectivity index (χ4n) is 2.14. The molecule has 6 nitrogen and oxygen atoms in total. The molecule has 110 valence electrons. The Balaban J connectivity index is 2.35. The zero-order valence-corrected chi connectivity index (χ0v) is 11.7. The third-order valence-corrected chi connectivity index (χ3v) is 3.51. The van der Waals surface area contributed by atoms with Gasteiger partial charge in [0.1, 0.15) is 0 Å². The van der Waals surface area contributed by atoms with Gasteiger partial charge >= 0.3 is 12.0 Å². The van der Waals surface area contributed by atoms with Gasteiger partial charge in [-0.3, -0.25) is 4.79 Å². The molecule has 3 N–H and O–H groups in total. The maximum absolute atomic E-state index is 11.8. The molecular formula is C13H24N2O4. The standard InChI is InChI=1S/C13H24N2O4/c1-3-4-10(11(16)17)9-14-12(18)15-13(2)5-7-19-8-6-13/h10H,3-9H2,1-2H3,(H,16,17)(H2,14,15,18). The third-order valence-electron chi connectivity index (χ3n) is 3.51. The number of hydrogen-bond acceptors (Lipinski definition) is 3. The maximum Gasteiger partial charge on any atom is 0.315 e. The van der Waals surface area contributed by atoms with E-state index in [4.69, 9.17) is 9.84 Å². The number of aliphatic carboxylic acids is 1. The molecule has 1 fully saturated rings. The van der Waals surface area contributed by atoms with E-state index in [1.807, 2.05) is 13.8 Å². The Bertz CT molecular complexity index is 314. The molecule has 2 amide bonds. The topological polar surface area (TPSA) is 87.7 Å². The quantitative estimate of drug-likeness (QED) is 0.681. The number of urea groups is 1. The van der Waals surface area contributed by atoms with Crippen LogP contribution in [0.5, 0.6) is 0 Å². The molecule has 0 aromatic carbocycles. The van der Waals surface area contributed by atoms with Crippen LogP contribution >= 0.6 is 0 Å². The molecule has 0 bridgehead atoms. The first-order chi connectivity index (χ1) is 8.97. The predicted octanol–water partition coefficient (Wildman–Crippen LogP) is 1.36. The summed E-state index contributed by atoms with van der Waals surface area (Å²) in [4.78, 5) is 22.8. The van der Waals surface area contributed by atoms with Crippen molar-refractivity contribution in [2.75, 3.05) is 19.8 Å². The Kier molecular flexibility index (Phi) is 6.08. The van der Waals surface area contributed by atoms with Gasteiger partial charge in [-0.05, 0) is 26.2 Å². The molecule has 1 heterocycles. The summed E-state index contributed by atoms with van der Waals surface area (Å²) in [7, 11) is 0. The van der Waals surface area contributed by atoms with E-state index >= 15 is 0 Å². The van der Waals surface area contributed by atoms with E-state index in [1.165, 1.54) is 0 Å². The van der Waals surface area contributed by atoms with Crippen molar-refractivity contribution in [1.29, 1.82) is 0 Å². The number of rotatable bonds is 6. The van der Waals surface area contributed by atoms with Gasteiger partial charge in [0.2, 0.25) is 0 Å². The second kappa shape index (κ2) is 7.33. The number of amides is 2. The molecular weight excluding hydrogens is 248 g/mol. The highest BCUT2D eigenvalue weighted by Crippen LogP contribution is 2.19. The van der Waals surface area contributed by atoms with Crippen LogP contribution in [0, 0.1) is 5.92 Å². The average Bonchev–Trinajstić information content (AvgIpc) is 2.34. The first-order valence-electron chi connectivity index (χ1n) is 6.83. The summed E-state index contributed by atoms with van der Waals surface area (Å²) in [6.07, 6.45) is 2.91. The lowest BCUT2D eigenvalue weighted by atomic mass is 9.93. The number of carboxylic acid groups (broad SMARTS) is 1. The Labute approximate surface area is 113 Å². The molecule has 1 saturated heterocycles. The fraction of sp³-hybridized carbons (Fsp3) is 0.846. The number of ether oxygens (including phenoxy) is 1. The zero-order chi connectivity index (χ0) is 14.3.